The summed E-state index contributed by atoms with van der Waals surface area (Å²) in [5, 5.41) is 22.1. The van der Waals surface area contributed by atoms with E-state index in [2.05, 4.69) is 15.3 Å². The van der Waals surface area contributed by atoms with Crippen molar-refractivity contribution in [2.45, 2.75) is 64.8 Å². The Bertz CT molecular complexity index is 1350. The number of alkyl carbamates (subject to hydrolysis) is 1. The molecule has 298 valence electrons. The first-order chi connectivity index (χ1) is 25.5. The summed E-state index contributed by atoms with van der Waals surface area (Å²) in [4.78, 5) is 48.5. The largest absolute Gasteiger partial charge is 0.464 e. The third kappa shape index (κ3) is 20.6. The molecule has 2 aromatic rings. The monoisotopic (exact) mass is 765 g/mol. The molecule has 2 aromatic heterocycles. The van der Waals surface area contributed by atoms with Crippen LogP contribution in [0.5, 0.6) is 0 Å². The third-order valence-electron chi connectivity index (χ3n) is 7.56. The summed E-state index contributed by atoms with van der Waals surface area (Å²) in [6.07, 6.45) is 2.20. The van der Waals surface area contributed by atoms with Crippen molar-refractivity contribution in [2.24, 2.45) is 0 Å². The zero-order valence-electron chi connectivity index (χ0n) is 31.9. The highest BCUT2D eigenvalue weighted by Crippen LogP contribution is 2.13. The maximum absolute atomic E-state index is 11.9. The van der Waals surface area contributed by atoms with Crippen LogP contribution in [0.15, 0.2) is 36.4 Å². The number of ether oxygens (including phenoxy) is 5. The molecule has 16 heteroatoms. The molecule has 0 saturated heterocycles. The summed E-state index contributed by atoms with van der Waals surface area (Å²) in [6.45, 7) is 9.85. The van der Waals surface area contributed by atoms with Gasteiger partial charge in [-0.25, -0.2) is 24.4 Å². The average Bonchev–Trinajstić information content (AvgIpc) is 3.13. The molecule has 0 saturated carbocycles. The fourth-order valence-corrected chi connectivity index (χ4v) is 6.01. The smallest absolute Gasteiger partial charge is 0.407 e. The number of hydrogen-bond acceptors (Lipinski definition) is 15. The minimum absolute atomic E-state index is 0.0387. The number of carbonyl (C=O) groups is 3. The molecule has 0 unspecified atom stereocenters. The maximum atomic E-state index is 11.9. The number of nitrogens with one attached hydrogen (secondary N) is 1. The van der Waals surface area contributed by atoms with Crippen molar-refractivity contribution < 1.29 is 48.3 Å². The van der Waals surface area contributed by atoms with Gasteiger partial charge in [0, 0.05) is 51.6 Å². The molecular weight excluding hydrogens is 706 g/mol. The molecule has 53 heavy (non-hydrogen) atoms. The predicted molar refractivity (Wildman–Crippen MR) is 202 cm³/mol. The molecule has 3 N–H and O–H groups in total. The molecule has 0 aliphatic carbocycles. The molecule has 1 amide bonds. The Morgan fingerprint density at radius 3 is 1.91 bits per heavy atom. The van der Waals surface area contributed by atoms with Gasteiger partial charge in [-0.15, -0.1) is 0 Å². The van der Waals surface area contributed by atoms with E-state index >= 15 is 0 Å². The minimum atomic E-state index is -0.523. The zero-order chi connectivity index (χ0) is 38.9. The van der Waals surface area contributed by atoms with Crippen LogP contribution in [0.2, 0.25) is 0 Å². The van der Waals surface area contributed by atoms with E-state index in [1.165, 1.54) is 14.2 Å². The molecule has 0 radical (unpaired) electrons. The van der Waals surface area contributed by atoms with E-state index in [0.717, 1.165) is 25.0 Å². The Morgan fingerprint density at radius 1 is 0.811 bits per heavy atom. The van der Waals surface area contributed by atoms with Gasteiger partial charge in [-0.2, -0.15) is 11.8 Å². The number of rotatable bonds is 27. The lowest BCUT2D eigenvalue weighted by Gasteiger charge is -2.24. The summed E-state index contributed by atoms with van der Waals surface area (Å²) in [5.41, 5.74) is 1.29. The van der Waals surface area contributed by atoms with Gasteiger partial charge in [0.25, 0.3) is 0 Å². The molecule has 2 rings (SSSR count). The highest BCUT2D eigenvalue weighted by atomic mass is 32.2. The van der Waals surface area contributed by atoms with Gasteiger partial charge in [0.05, 0.1) is 64.7 Å². The van der Waals surface area contributed by atoms with Crippen LogP contribution in [0.3, 0.4) is 0 Å². The number of pyridine rings is 2. The number of aromatic nitrogens is 2. The zero-order valence-corrected chi connectivity index (χ0v) is 32.7. The fourth-order valence-electron chi connectivity index (χ4n) is 4.98. The topological polar surface area (TPSA) is 182 Å². The summed E-state index contributed by atoms with van der Waals surface area (Å²) >= 11 is 1.78. The minimum Gasteiger partial charge on any atom is -0.464 e. The maximum Gasteiger partial charge on any atom is 0.407 e. The van der Waals surface area contributed by atoms with Gasteiger partial charge < -0.3 is 39.2 Å². The summed E-state index contributed by atoms with van der Waals surface area (Å²) in [5.74, 6) is 0.619. The molecule has 0 aliphatic rings. The van der Waals surface area contributed by atoms with Crippen LogP contribution >= 0.6 is 11.8 Å². The number of esters is 2. The molecular formula is C37H59N5O10S. The van der Waals surface area contributed by atoms with E-state index in [-0.39, 0.29) is 30.7 Å². The van der Waals surface area contributed by atoms with Gasteiger partial charge in [-0.3, -0.25) is 9.80 Å². The molecule has 0 fully saturated rings. The Morgan fingerprint density at radius 2 is 1.38 bits per heavy atom. The molecule has 2 heterocycles. The van der Waals surface area contributed by atoms with Crippen molar-refractivity contribution in [3.05, 3.63) is 59.2 Å². The van der Waals surface area contributed by atoms with E-state index in [1.807, 2.05) is 42.7 Å². The number of carbonyl (C=O) groups excluding carboxylic acids is 3. The molecule has 0 aliphatic heterocycles. The normalized spacial score (nSPS) is 12.2. The number of aliphatic hydroxyl groups excluding tert-OH is 2. The lowest BCUT2D eigenvalue weighted by atomic mass is 10.2. The van der Waals surface area contributed by atoms with Crippen molar-refractivity contribution in [3.63, 3.8) is 0 Å². The van der Waals surface area contributed by atoms with Crippen LogP contribution in [-0.2, 0) is 36.8 Å². The van der Waals surface area contributed by atoms with E-state index < -0.39 is 23.6 Å². The first-order valence-electron chi connectivity index (χ1n) is 18.0. The van der Waals surface area contributed by atoms with E-state index in [1.54, 1.807) is 36.0 Å². The fraction of sp³-hybridized carbons (Fsp3) is 0.649. The number of unbranched alkanes of at least 4 members (excludes halogenated alkanes) is 2. The van der Waals surface area contributed by atoms with Gasteiger partial charge in [-0.05, 0) is 63.6 Å². The van der Waals surface area contributed by atoms with Gasteiger partial charge in [0.15, 0.2) is 0 Å². The molecule has 15 nitrogen and oxygen atoms in total. The molecule has 0 bridgehead atoms. The Hall–Kier alpha value is -3.38. The van der Waals surface area contributed by atoms with E-state index in [9.17, 15) is 24.6 Å². The van der Waals surface area contributed by atoms with Crippen LogP contribution in [0.4, 0.5) is 4.79 Å². The molecule has 0 spiro atoms. The summed E-state index contributed by atoms with van der Waals surface area (Å²) < 4.78 is 27.2. The Labute approximate surface area is 318 Å². The van der Waals surface area contributed by atoms with Crippen LogP contribution in [0.25, 0.3) is 0 Å². The van der Waals surface area contributed by atoms with E-state index in [4.69, 9.17) is 23.7 Å². The van der Waals surface area contributed by atoms with Crippen molar-refractivity contribution in [1.29, 1.82) is 0 Å². The second-order valence-electron chi connectivity index (χ2n) is 13.1. The molecule has 1 atom stereocenters. The molecule has 0 aromatic carbocycles. The Kier molecular flexibility index (Phi) is 22.8. The average molecular weight is 766 g/mol. The lowest BCUT2D eigenvalue weighted by molar-refractivity contribution is -0.0175. The standard InChI is InChI=1S/C37H59N5O10S/c1-37(2,3)52-36(47)38-15-7-6-8-24-53-28-31(51-23-19-42(17-21-44)26-30-12-10-14-33(40-30)35(46)49-5)27-50-22-18-41(16-20-43)25-29-11-9-13-32(39-29)34(45)48-4/h9-14,31,43-44H,6-8,15-28H2,1-5H3,(H,38,47)/t31-/m0/s1. The summed E-state index contributed by atoms with van der Waals surface area (Å²) in [7, 11) is 2.63. The number of aliphatic hydroxyl groups is 2. The number of methoxy groups -OCH3 is 2. The van der Waals surface area contributed by atoms with Gasteiger partial charge >= 0.3 is 18.0 Å². The summed E-state index contributed by atoms with van der Waals surface area (Å²) in [6, 6.07) is 10.3. The lowest BCUT2D eigenvalue weighted by Crippen LogP contribution is -2.34. The first-order valence-corrected chi connectivity index (χ1v) is 19.1. The van der Waals surface area contributed by atoms with Gasteiger partial charge in [0.2, 0.25) is 0 Å². The number of thioether (sulfide) groups is 1. The van der Waals surface area contributed by atoms with Crippen molar-refractivity contribution in [1.82, 2.24) is 25.1 Å². The van der Waals surface area contributed by atoms with Crippen molar-refractivity contribution in [2.75, 3.05) is 91.5 Å². The van der Waals surface area contributed by atoms with Crippen LogP contribution < -0.4 is 5.32 Å². The highest BCUT2D eigenvalue weighted by Gasteiger charge is 2.17. The number of amides is 1. The third-order valence-corrected chi connectivity index (χ3v) is 8.75. The number of nitrogens with zero attached hydrogens (tertiary/aromatic N) is 4. The second-order valence-corrected chi connectivity index (χ2v) is 14.3. The van der Waals surface area contributed by atoms with Crippen LogP contribution in [0, 0.1) is 0 Å². The van der Waals surface area contributed by atoms with Crippen LogP contribution in [-0.4, -0.2) is 151 Å². The van der Waals surface area contributed by atoms with E-state index in [0.29, 0.717) is 82.8 Å². The van der Waals surface area contributed by atoms with Gasteiger partial charge in [-0.1, -0.05) is 18.6 Å². The van der Waals surface area contributed by atoms with Gasteiger partial charge in [0.1, 0.15) is 17.0 Å². The predicted octanol–water partition coefficient (Wildman–Crippen LogP) is 3.17. The van der Waals surface area contributed by atoms with Crippen LogP contribution in [0.1, 0.15) is 72.4 Å². The van der Waals surface area contributed by atoms with Crippen molar-refractivity contribution >= 4 is 29.8 Å². The van der Waals surface area contributed by atoms with Crippen molar-refractivity contribution in [3.8, 4) is 0 Å². The second kappa shape index (κ2) is 26.4. The highest BCUT2D eigenvalue weighted by molar-refractivity contribution is 7.99. The Balaban J connectivity index is 1.90. The quantitative estimate of drug-likeness (QED) is 0.0685. The first kappa shape index (κ1) is 45.8. The number of hydrogen-bond donors (Lipinski definition) is 3. The SMILES string of the molecule is COC(=O)c1cccc(CN(CCO)CCOC[C@@H](CSCCCCCNC(=O)OC(C)(C)C)OCCN(CCO)Cc2cccc(C(=O)OC)n2)n1.